The topological polar surface area (TPSA) is 128 Å². The Kier molecular flexibility index (Phi) is 9.63. The summed E-state index contributed by atoms with van der Waals surface area (Å²) in [6.45, 7) is 7.51. The summed E-state index contributed by atoms with van der Waals surface area (Å²) < 4.78 is 7.78. The molecule has 1 atom stereocenters. The first-order chi connectivity index (χ1) is 18.7. The maximum atomic E-state index is 12.8. The zero-order chi connectivity index (χ0) is 27.9. The normalized spacial score (nSPS) is 18.6. The SMILES string of the molecule is CC(C)n1cnc2c(NC3CCN(C(=O)O[C@H]4CCN(C(=O)/C=C/CN(C)C)C4)CC3)cc(NCCO)nc21. The molecule has 2 aromatic rings. The molecule has 2 aromatic heterocycles. The Morgan fingerprint density at radius 1 is 1.21 bits per heavy atom. The molecule has 0 radical (unpaired) electrons. The molecule has 0 unspecified atom stereocenters. The summed E-state index contributed by atoms with van der Waals surface area (Å²) in [5.74, 6) is 0.639. The molecule has 39 heavy (non-hydrogen) atoms. The molecule has 3 N–H and O–H groups in total. The van der Waals surface area contributed by atoms with Crippen molar-refractivity contribution in [2.45, 2.75) is 51.3 Å². The number of likely N-dealkylation sites (N-methyl/N-ethyl adjacent to an activating group) is 1. The third-order valence-electron chi connectivity index (χ3n) is 7.07. The van der Waals surface area contributed by atoms with Gasteiger partial charge in [-0.3, -0.25) is 4.79 Å². The van der Waals surface area contributed by atoms with Crippen molar-refractivity contribution in [3.8, 4) is 0 Å². The van der Waals surface area contributed by atoms with Gasteiger partial charge in [-0.05, 0) is 40.8 Å². The Labute approximate surface area is 230 Å². The number of likely N-dealkylation sites (tertiary alicyclic amines) is 2. The van der Waals surface area contributed by atoms with Gasteiger partial charge in [-0.2, -0.15) is 0 Å². The van der Waals surface area contributed by atoms with Crippen LogP contribution in [0, 0.1) is 0 Å². The number of fused-ring (bicyclic) bond motifs is 1. The average molecular weight is 543 g/mol. The minimum absolute atomic E-state index is 0.0174. The molecule has 2 saturated heterocycles. The van der Waals surface area contributed by atoms with Gasteiger partial charge in [0.15, 0.2) is 5.65 Å². The number of amides is 2. The summed E-state index contributed by atoms with van der Waals surface area (Å²) in [6.07, 6.45) is 6.87. The molecule has 2 amide bonds. The number of nitrogens with one attached hydrogen (secondary N) is 2. The summed E-state index contributed by atoms with van der Waals surface area (Å²) in [6, 6.07) is 2.31. The van der Waals surface area contributed by atoms with E-state index in [1.807, 2.05) is 35.7 Å². The fraction of sp³-hybridized carbons (Fsp3) is 0.630. The minimum atomic E-state index is -0.312. The lowest BCUT2D eigenvalue weighted by atomic mass is 10.0. The van der Waals surface area contributed by atoms with Crippen molar-refractivity contribution in [3.63, 3.8) is 0 Å². The number of carbonyl (C=O) groups excluding carboxylic acids is 2. The van der Waals surface area contributed by atoms with Crippen LogP contribution in [0.4, 0.5) is 16.3 Å². The van der Waals surface area contributed by atoms with E-state index in [1.54, 1.807) is 22.2 Å². The van der Waals surface area contributed by atoms with Crippen LogP contribution < -0.4 is 10.6 Å². The summed E-state index contributed by atoms with van der Waals surface area (Å²) in [7, 11) is 3.90. The lowest BCUT2D eigenvalue weighted by Gasteiger charge is -2.33. The van der Waals surface area contributed by atoms with Gasteiger partial charge >= 0.3 is 6.09 Å². The lowest BCUT2D eigenvalue weighted by molar-refractivity contribution is -0.125. The van der Waals surface area contributed by atoms with Gasteiger partial charge in [-0.1, -0.05) is 6.08 Å². The number of imidazole rings is 1. The van der Waals surface area contributed by atoms with Crippen LogP contribution in [0.3, 0.4) is 0 Å². The van der Waals surface area contributed by atoms with E-state index in [-0.39, 0.29) is 36.8 Å². The van der Waals surface area contributed by atoms with Crippen LogP contribution >= 0.6 is 0 Å². The number of carbonyl (C=O) groups is 2. The Hall–Kier alpha value is -3.38. The van der Waals surface area contributed by atoms with Crippen molar-refractivity contribution in [2.24, 2.45) is 0 Å². The number of aromatic nitrogens is 3. The third-order valence-corrected chi connectivity index (χ3v) is 7.07. The number of rotatable bonds is 10. The maximum Gasteiger partial charge on any atom is 0.410 e. The van der Waals surface area contributed by atoms with E-state index in [1.165, 1.54) is 0 Å². The van der Waals surface area contributed by atoms with Gasteiger partial charge in [-0.25, -0.2) is 14.8 Å². The fourth-order valence-corrected chi connectivity index (χ4v) is 4.91. The van der Waals surface area contributed by atoms with E-state index in [2.05, 4.69) is 29.5 Å². The first kappa shape index (κ1) is 28.6. The van der Waals surface area contributed by atoms with E-state index < -0.39 is 0 Å². The molecule has 0 bridgehead atoms. The quantitative estimate of drug-likeness (QED) is 0.387. The molecule has 214 valence electrons. The van der Waals surface area contributed by atoms with Gasteiger partial charge in [0.25, 0.3) is 0 Å². The maximum absolute atomic E-state index is 12.8. The second-order valence-electron chi connectivity index (χ2n) is 10.8. The van der Waals surface area contributed by atoms with E-state index >= 15 is 0 Å². The largest absolute Gasteiger partial charge is 0.444 e. The highest BCUT2D eigenvalue weighted by Gasteiger charge is 2.31. The summed E-state index contributed by atoms with van der Waals surface area (Å²) >= 11 is 0. The molecule has 2 aliphatic heterocycles. The second kappa shape index (κ2) is 13.1. The molecule has 2 fully saturated rings. The van der Waals surface area contributed by atoms with Crippen LogP contribution in [-0.4, -0.2) is 118 Å². The minimum Gasteiger partial charge on any atom is -0.444 e. The molecule has 0 spiro atoms. The van der Waals surface area contributed by atoms with Gasteiger partial charge in [-0.15, -0.1) is 0 Å². The van der Waals surface area contributed by atoms with Crippen molar-refractivity contribution in [3.05, 3.63) is 24.5 Å². The van der Waals surface area contributed by atoms with E-state index in [9.17, 15) is 14.7 Å². The van der Waals surface area contributed by atoms with E-state index in [0.29, 0.717) is 51.5 Å². The van der Waals surface area contributed by atoms with E-state index in [4.69, 9.17) is 9.72 Å². The van der Waals surface area contributed by atoms with Crippen LogP contribution in [0.5, 0.6) is 0 Å². The lowest BCUT2D eigenvalue weighted by Crippen LogP contribution is -2.44. The van der Waals surface area contributed by atoms with Gasteiger partial charge in [0.1, 0.15) is 17.4 Å². The van der Waals surface area contributed by atoms with Crippen molar-refractivity contribution in [1.82, 2.24) is 29.2 Å². The molecule has 2 aliphatic rings. The Morgan fingerprint density at radius 2 is 1.95 bits per heavy atom. The Morgan fingerprint density at radius 3 is 2.64 bits per heavy atom. The smallest absolute Gasteiger partial charge is 0.410 e. The predicted molar refractivity (Wildman–Crippen MR) is 151 cm³/mol. The Balaban J connectivity index is 1.30. The van der Waals surface area contributed by atoms with Crippen molar-refractivity contribution in [1.29, 1.82) is 0 Å². The van der Waals surface area contributed by atoms with Crippen molar-refractivity contribution in [2.75, 3.05) is 70.6 Å². The highest BCUT2D eigenvalue weighted by molar-refractivity contribution is 5.88. The molecular weight excluding hydrogens is 500 g/mol. The summed E-state index contributed by atoms with van der Waals surface area (Å²) in [5.41, 5.74) is 2.47. The fourth-order valence-electron chi connectivity index (χ4n) is 4.91. The van der Waals surface area contributed by atoms with Gasteiger partial charge in [0, 0.05) is 63.4 Å². The second-order valence-corrected chi connectivity index (χ2v) is 10.8. The highest BCUT2D eigenvalue weighted by Crippen LogP contribution is 2.28. The molecular formula is C27H42N8O4. The highest BCUT2D eigenvalue weighted by atomic mass is 16.6. The monoisotopic (exact) mass is 542 g/mol. The predicted octanol–water partition coefficient (Wildman–Crippen LogP) is 2.15. The number of aliphatic hydroxyl groups excluding tert-OH is 1. The van der Waals surface area contributed by atoms with Gasteiger partial charge in [0.05, 0.1) is 25.2 Å². The van der Waals surface area contributed by atoms with Crippen LogP contribution in [0.1, 0.15) is 39.2 Å². The van der Waals surface area contributed by atoms with Crippen LogP contribution in [-0.2, 0) is 9.53 Å². The number of nitrogens with zero attached hydrogens (tertiary/aromatic N) is 6. The number of ether oxygens (including phenoxy) is 1. The van der Waals surface area contributed by atoms with Crippen LogP contribution in [0.25, 0.3) is 11.2 Å². The number of piperidine rings is 1. The molecule has 0 aromatic carbocycles. The molecule has 0 aliphatic carbocycles. The van der Waals surface area contributed by atoms with Crippen molar-refractivity contribution < 1.29 is 19.4 Å². The number of anilines is 2. The first-order valence-electron chi connectivity index (χ1n) is 13.8. The molecule has 0 saturated carbocycles. The zero-order valence-electron chi connectivity index (χ0n) is 23.5. The van der Waals surface area contributed by atoms with Crippen molar-refractivity contribution >= 4 is 34.7 Å². The zero-order valence-corrected chi connectivity index (χ0v) is 23.5. The van der Waals surface area contributed by atoms with Gasteiger partial charge < -0.3 is 39.7 Å². The molecule has 12 heteroatoms. The molecule has 4 heterocycles. The van der Waals surface area contributed by atoms with Crippen LogP contribution in [0.2, 0.25) is 0 Å². The Bertz CT molecular complexity index is 1160. The summed E-state index contributed by atoms with van der Waals surface area (Å²) in [4.78, 5) is 40.0. The van der Waals surface area contributed by atoms with Crippen LogP contribution in [0.15, 0.2) is 24.5 Å². The number of aliphatic hydroxyl groups is 1. The molecule has 4 rings (SSSR count). The summed E-state index contributed by atoms with van der Waals surface area (Å²) in [5, 5.41) is 16.0. The van der Waals surface area contributed by atoms with Gasteiger partial charge in [0.2, 0.25) is 5.91 Å². The molecule has 12 nitrogen and oxygen atoms in total. The number of pyridine rings is 1. The first-order valence-corrected chi connectivity index (χ1v) is 13.8. The average Bonchev–Trinajstić information content (AvgIpc) is 3.55. The number of hydrogen-bond acceptors (Lipinski definition) is 9. The third kappa shape index (κ3) is 7.39. The standard InChI is InChI=1S/C27H42N8O4/c1-19(2)35-18-29-25-22(16-23(28-10-15-36)31-26(25)35)30-20-7-12-33(13-8-20)27(38)39-21-9-14-34(17-21)24(37)6-5-11-32(3)4/h5-6,16,18-21,36H,7-15,17H2,1-4H3,(H2,28,30,31)/b6-5+/t21-/m0/s1. The van der Waals surface area contributed by atoms with E-state index in [0.717, 1.165) is 29.7 Å². The number of hydrogen-bond donors (Lipinski definition) is 3.